The maximum absolute atomic E-state index is 11.5. The highest BCUT2D eigenvalue weighted by Gasteiger charge is 2.17. The van der Waals surface area contributed by atoms with Crippen molar-refractivity contribution in [2.24, 2.45) is 0 Å². The first-order chi connectivity index (χ1) is 8.16. The predicted octanol–water partition coefficient (Wildman–Crippen LogP) is 3.54. The van der Waals surface area contributed by atoms with Crippen LogP contribution in [0.1, 0.15) is 62.6 Å². The van der Waals surface area contributed by atoms with E-state index >= 15 is 0 Å². The van der Waals surface area contributed by atoms with Crippen LogP contribution < -0.4 is 5.32 Å². The Morgan fingerprint density at radius 2 is 1.88 bits per heavy atom. The molecule has 0 bridgehead atoms. The van der Waals surface area contributed by atoms with Gasteiger partial charge in [-0.3, -0.25) is 4.79 Å². The molecule has 0 spiro atoms. The second-order valence-electron chi connectivity index (χ2n) is 5.19. The van der Waals surface area contributed by atoms with Gasteiger partial charge >= 0.3 is 0 Å². The Hall–Kier alpha value is -1.31. The third-order valence-electron chi connectivity index (χ3n) is 3.49. The van der Waals surface area contributed by atoms with Gasteiger partial charge in [0.2, 0.25) is 5.91 Å². The van der Waals surface area contributed by atoms with E-state index in [9.17, 15) is 4.79 Å². The molecule has 2 heteroatoms. The van der Waals surface area contributed by atoms with Gasteiger partial charge in [-0.05, 0) is 29.9 Å². The molecule has 0 saturated carbocycles. The molecule has 1 atom stereocenters. The Kier molecular flexibility index (Phi) is 3.82. The molecular weight excluding hydrogens is 210 g/mol. The largest absolute Gasteiger partial charge is 0.349 e. The first-order valence-corrected chi connectivity index (χ1v) is 6.56. The summed E-state index contributed by atoms with van der Waals surface area (Å²) in [5, 5.41) is 3.10. The van der Waals surface area contributed by atoms with Crippen molar-refractivity contribution in [3.63, 3.8) is 0 Å². The quantitative estimate of drug-likeness (QED) is 0.828. The van der Waals surface area contributed by atoms with Crippen molar-refractivity contribution >= 4 is 5.91 Å². The number of hydrogen-bond acceptors (Lipinski definition) is 1. The van der Waals surface area contributed by atoms with Crippen LogP contribution >= 0.6 is 0 Å². The Labute approximate surface area is 103 Å². The Morgan fingerprint density at radius 1 is 1.18 bits per heavy atom. The van der Waals surface area contributed by atoms with Crippen molar-refractivity contribution in [2.75, 3.05) is 0 Å². The third-order valence-corrected chi connectivity index (χ3v) is 3.49. The summed E-state index contributed by atoms with van der Waals surface area (Å²) in [6.45, 7) is 4.39. The fourth-order valence-corrected chi connectivity index (χ4v) is 2.34. The van der Waals surface area contributed by atoms with Gasteiger partial charge in [0.15, 0.2) is 0 Å². The number of carbonyl (C=O) groups excluding carboxylic acids is 1. The van der Waals surface area contributed by atoms with Crippen LogP contribution in [-0.2, 0) is 4.79 Å². The van der Waals surface area contributed by atoms with Crippen molar-refractivity contribution in [2.45, 2.75) is 51.5 Å². The molecule has 1 heterocycles. The summed E-state index contributed by atoms with van der Waals surface area (Å²) in [5.41, 5.74) is 2.60. The van der Waals surface area contributed by atoms with Gasteiger partial charge in [-0.1, -0.05) is 44.5 Å². The molecule has 1 aliphatic heterocycles. The van der Waals surface area contributed by atoms with E-state index in [1.807, 2.05) is 0 Å². The average Bonchev–Trinajstić information content (AvgIpc) is 2.54. The molecule has 1 aromatic rings. The van der Waals surface area contributed by atoms with Crippen LogP contribution in [0.2, 0.25) is 0 Å². The number of carbonyl (C=O) groups is 1. The second kappa shape index (κ2) is 5.35. The summed E-state index contributed by atoms with van der Waals surface area (Å²) < 4.78 is 0. The van der Waals surface area contributed by atoms with Crippen LogP contribution in [0.15, 0.2) is 24.3 Å². The summed E-state index contributed by atoms with van der Waals surface area (Å²) in [5.74, 6) is 0.758. The zero-order valence-electron chi connectivity index (χ0n) is 10.7. The van der Waals surface area contributed by atoms with Crippen LogP contribution in [0, 0.1) is 0 Å². The number of hydrogen-bond donors (Lipinski definition) is 1. The van der Waals surface area contributed by atoms with Crippen molar-refractivity contribution in [3.8, 4) is 0 Å². The normalized spacial score (nSPS) is 21.1. The van der Waals surface area contributed by atoms with E-state index in [0.717, 1.165) is 19.3 Å². The molecule has 1 unspecified atom stereocenters. The van der Waals surface area contributed by atoms with Gasteiger partial charge in [-0.25, -0.2) is 0 Å². The maximum atomic E-state index is 11.5. The molecular formula is C15H21NO. The number of benzene rings is 1. The smallest absolute Gasteiger partial charge is 0.220 e. The molecule has 92 valence electrons. The lowest BCUT2D eigenvalue weighted by Gasteiger charge is -2.17. The second-order valence-corrected chi connectivity index (χ2v) is 5.19. The molecule has 1 aliphatic rings. The maximum Gasteiger partial charge on any atom is 0.220 e. The molecule has 0 radical (unpaired) electrons. The summed E-state index contributed by atoms with van der Waals surface area (Å²) in [6, 6.07) is 8.89. The zero-order valence-corrected chi connectivity index (χ0v) is 10.7. The minimum atomic E-state index is 0.195. The molecule has 1 N–H and O–H groups in total. The van der Waals surface area contributed by atoms with E-state index in [2.05, 4.69) is 43.4 Å². The topological polar surface area (TPSA) is 29.1 Å². The average molecular weight is 231 g/mol. The summed E-state index contributed by atoms with van der Waals surface area (Å²) >= 11 is 0. The SMILES string of the molecule is CC(C)c1ccc(C2CCCCC(=O)N2)cc1. The molecule has 1 fully saturated rings. The van der Waals surface area contributed by atoms with E-state index in [4.69, 9.17) is 0 Å². The molecule has 0 aromatic heterocycles. The van der Waals surface area contributed by atoms with Gasteiger partial charge in [-0.2, -0.15) is 0 Å². The van der Waals surface area contributed by atoms with Crippen molar-refractivity contribution in [1.29, 1.82) is 0 Å². The van der Waals surface area contributed by atoms with E-state index in [0.29, 0.717) is 12.3 Å². The minimum absolute atomic E-state index is 0.195. The van der Waals surface area contributed by atoms with Gasteiger partial charge in [0, 0.05) is 6.42 Å². The highest BCUT2D eigenvalue weighted by Crippen LogP contribution is 2.24. The Balaban J connectivity index is 2.12. The van der Waals surface area contributed by atoms with Crippen molar-refractivity contribution < 1.29 is 4.79 Å². The monoisotopic (exact) mass is 231 g/mol. The fraction of sp³-hybridized carbons (Fsp3) is 0.533. The van der Waals surface area contributed by atoms with Gasteiger partial charge in [0.25, 0.3) is 0 Å². The first-order valence-electron chi connectivity index (χ1n) is 6.56. The van der Waals surface area contributed by atoms with Crippen LogP contribution in [0.25, 0.3) is 0 Å². The van der Waals surface area contributed by atoms with E-state index in [1.165, 1.54) is 11.1 Å². The molecule has 1 amide bonds. The Morgan fingerprint density at radius 3 is 2.53 bits per heavy atom. The van der Waals surface area contributed by atoms with Crippen LogP contribution in [0.3, 0.4) is 0 Å². The summed E-state index contributed by atoms with van der Waals surface area (Å²) in [7, 11) is 0. The van der Waals surface area contributed by atoms with Gasteiger partial charge in [0.1, 0.15) is 0 Å². The van der Waals surface area contributed by atoms with E-state index < -0.39 is 0 Å². The van der Waals surface area contributed by atoms with E-state index in [-0.39, 0.29) is 11.9 Å². The van der Waals surface area contributed by atoms with Crippen molar-refractivity contribution in [1.82, 2.24) is 5.32 Å². The van der Waals surface area contributed by atoms with Gasteiger partial charge in [-0.15, -0.1) is 0 Å². The van der Waals surface area contributed by atoms with Gasteiger partial charge in [0.05, 0.1) is 6.04 Å². The number of nitrogens with one attached hydrogen (secondary N) is 1. The minimum Gasteiger partial charge on any atom is -0.349 e. The molecule has 1 saturated heterocycles. The number of amides is 1. The number of rotatable bonds is 2. The third kappa shape index (κ3) is 3.09. The van der Waals surface area contributed by atoms with Crippen LogP contribution in [-0.4, -0.2) is 5.91 Å². The lowest BCUT2D eigenvalue weighted by Crippen LogP contribution is -2.26. The fourth-order valence-electron chi connectivity index (χ4n) is 2.34. The van der Waals surface area contributed by atoms with Gasteiger partial charge < -0.3 is 5.32 Å². The van der Waals surface area contributed by atoms with Crippen LogP contribution in [0.5, 0.6) is 0 Å². The summed E-state index contributed by atoms with van der Waals surface area (Å²) in [4.78, 5) is 11.5. The van der Waals surface area contributed by atoms with Crippen LogP contribution in [0.4, 0.5) is 0 Å². The van der Waals surface area contributed by atoms with E-state index in [1.54, 1.807) is 0 Å². The molecule has 1 aromatic carbocycles. The summed E-state index contributed by atoms with van der Waals surface area (Å²) in [6.07, 6.45) is 3.90. The Bertz CT molecular complexity index is 380. The standard InChI is InChI=1S/C15H21NO/c1-11(2)12-7-9-13(10-8-12)14-5-3-4-6-15(17)16-14/h7-11,14H,3-6H2,1-2H3,(H,16,17). The molecule has 2 rings (SSSR count). The lowest BCUT2D eigenvalue weighted by atomic mass is 9.97. The molecule has 2 nitrogen and oxygen atoms in total. The lowest BCUT2D eigenvalue weighted by molar-refractivity contribution is -0.121. The highest BCUT2D eigenvalue weighted by molar-refractivity contribution is 5.76. The molecule has 0 aliphatic carbocycles. The zero-order chi connectivity index (χ0) is 12.3. The first kappa shape index (κ1) is 12.2. The van der Waals surface area contributed by atoms with Crippen molar-refractivity contribution in [3.05, 3.63) is 35.4 Å². The molecule has 17 heavy (non-hydrogen) atoms. The highest BCUT2D eigenvalue weighted by atomic mass is 16.1. The predicted molar refractivity (Wildman–Crippen MR) is 69.9 cm³/mol.